The van der Waals surface area contributed by atoms with Gasteiger partial charge in [-0.25, -0.2) is 14.4 Å². The number of hydrogen-bond acceptors (Lipinski definition) is 8. The lowest BCUT2D eigenvalue weighted by molar-refractivity contribution is 0.0981. The number of nitrogens with zero attached hydrogens (tertiary/aromatic N) is 6. The molecule has 0 radical (unpaired) electrons. The summed E-state index contributed by atoms with van der Waals surface area (Å²) in [6.07, 6.45) is 12.9. The Kier molecular flexibility index (Phi) is 5.50. The van der Waals surface area contributed by atoms with Gasteiger partial charge in [0, 0.05) is 38.5 Å². The van der Waals surface area contributed by atoms with Crippen LogP contribution in [0.3, 0.4) is 0 Å². The molecule has 42 heavy (non-hydrogen) atoms. The molecule has 1 N–H and O–H groups in total. The topological polar surface area (TPSA) is 124 Å². The lowest BCUT2D eigenvalue weighted by Gasteiger charge is -2.34. The summed E-state index contributed by atoms with van der Waals surface area (Å²) in [5, 5.41) is 8.66. The minimum atomic E-state index is -4.15. The van der Waals surface area contributed by atoms with E-state index in [1.54, 1.807) is 27.7 Å². The number of aryl methyl sites for hydroxylation is 1. The van der Waals surface area contributed by atoms with Crippen molar-refractivity contribution >= 4 is 21.7 Å². The number of rotatable bonds is 5. The van der Waals surface area contributed by atoms with Gasteiger partial charge in [0.1, 0.15) is 5.82 Å². The smallest absolute Gasteiger partial charge is 0.283 e. The lowest BCUT2D eigenvalue weighted by Crippen LogP contribution is -2.41. The molecule has 3 aliphatic carbocycles. The van der Waals surface area contributed by atoms with Crippen molar-refractivity contribution < 1.29 is 19.4 Å². The highest BCUT2D eigenvalue weighted by molar-refractivity contribution is 7.90. The Bertz CT molecular complexity index is 1670. The quantitative estimate of drug-likeness (QED) is 0.467. The molecule has 12 heteroatoms. The number of ether oxygens (including phenoxy) is 1. The van der Waals surface area contributed by atoms with Crippen molar-refractivity contribution in [3.63, 3.8) is 0 Å². The molecular formula is C30H39N7O4S. The molecule has 2 spiro atoms. The van der Waals surface area contributed by atoms with Gasteiger partial charge in [0.05, 0.1) is 12.2 Å². The molecule has 1 amide bonds. The van der Waals surface area contributed by atoms with Crippen molar-refractivity contribution in [2.75, 3.05) is 18.1 Å². The zero-order valence-electron chi connectivity index (χ0n) is 24.1. The Morgan fingerprint density at radius 3 is 2.62 bits per heavy atom. The third kappa shape index (κ3) is 4.08. The van der Waals surface area contributed by atoms with Gasteiger partial charge in [-0.2, -0.15) is 13.5 Å². The highest BCUT2D eigenvalue weighted by Gasteiger charge is 2.85. The summed E-state index contributed by atoms with van der Waals surface area (Å²) in [5.74, 6) is 2.04. The van der Waals surface area contributed by atoms with Crippen LogP contribution < -0.4 is 14.4 Å². The second-order valence-corrected chi connectivity index (χ2v) is 15.3. The fourth-order valence-corrected chi connectivity index (χ4v) is 9.34. The molecule has 8 rings (SSSR count). The Morgan fingerprint density at radius 1 is 1.07 bits per heavy atom. The van der Waals surface area contributed by atoms with Crippen LogP contribution in [0.1, 0.15) is 77.0 Å². The van der Waals surface area contributed by atoms with Crippen molar-refractivity contribution in [2.45, 2.75) is 82.3 Å². The van der Waals surface area contributed by atoms with Crippen LogP contribution in [-0.2, 0) is 16.6 Å². The van der Waals surface area contributed by atoms with Gasteiger partial charge in [-0.15, -0.1) is 5.10 Å². The summed E-state index contributed by atoms with van der Waals surface area (Å²) in [4.78, 5) is 20.6. The lowest BCUT2D eigenvalue weighted by atomic mass is 9.93. The maximum atomic E-state index is 13.5. The number of nitrogens with one attached hydrogen (secondary N) is 1. The minimum Gasteiger partial charge on any atom is -0.477 e. The molecular weight excluding hydrogens is 554 g/mol. The molecule has 5 heterocycles. The highest BCUT2D eigenvalue weighted by Crippen LogP contribution is 2.93. The van der Waals surface area contributed by atoms with Crippen LogP contribution in [0.25, 0.3) is 5.82 Å². The van der Waals surface area contributed by atoms with Gasteiger partial charge in [0.2, 0.25) is 5.88 Å². The summed E-state index contributed by atoms with van der Waals surface area (Å²) in [6.45, 7) is 6.30. The molecule has 1 saturated heterocycles. The number of anilines is 1. The van der Waals surface area contributed by atoms with Gasteiger partial charge in [0.25, 0.3) is 15.9 Å². The van der Waals surface area contributed by atoms with Gasteiger partial charge in [-0.3, -0.25) is 9.48 Å². The summed E-state index contributed by atoms with van der Waals surface area (Å²) in [7, 11) is -4.15. The molecule has 4 bridgehead atoms. The van der Waals surface area contributed by atoms with Gasteiger partial charge in [-0.1, -0.05) is 0 Å². The minimum absolute atomic E-state index is 0. The first-order valence-electron chi connectivity index (χ1n) is 15.2. The van der Waals surface area contributed by atoms with Crippen LogP contribution in [0.15, 0.2) is 41.7 Å². The fraction of sp³-hybridized carbons (Fsp3) is 0.600. The molecule has 2 aliphatic heterocycles. The maximum absolute atomic E-state index is 13.5. The average molecular weight is 594 g/mol. The van der Waals surface area contributed by atoms with E-state index >= 15 is 0 Å². The summed E-state index contributed by atoms with van der Waals surface area (Å²) in [5.41, 5.74) is 1.26. The summed E-state index contributed by atoms with van der Waals surface area (Å²) >= 11 is 0. The van der Waals surface area contributed by atoms with Crippen LogP contribution >= 0.6 is 0 Å². The van der Waals surface area contributed by atoms with E-state index in [1.165, 1.54) is 31.7 Å². The summed E-state index contributed by atoms with van der Waals surface area (Å²) < 4.78 is 37.6. The zero-order valence-corrected chi connectivity index (χ0v) is 24.9. The van der Waals surface area contributed by atoms with Crippen LogP contribution in [0, 0.1) is 22.7 Å². The van der Waals surface area contributed by atoms with E-state index in [4.69, 9.17) is 9.72 Å². The van der Waals surface area contributed by atoms with Crippen LogP contribution in [0.4, 0.5) is 5.82 Å². The van der Waals surface area contributed by atoms with Crippen molar-refractivity contribution in [1.29, 1.82) is 0 Å². The van der Waals surface area contributed by atoms with Crippen molar-refractivity contribution in [2.24, 2.45) is 22.7 Å². The van der Waals surface area contributed by atoms with E-state index in [-0.39, 0.29) is 17.6 Å². The Hall–Kier alpha value is -3.41. The van der Waals surface area contributed by atoms with Crippen LogP contribution in [-0.4, -0.2) is 57.6 Å². The predicted octanol–water partition coefficient (Wildman–Crippen LogP) is 4.19. The molecule has 1 unspecified atom stereocenters. The van der Waals surface area contributed by atoms with E-state index in [1.807, 2.05) is 12.3 Å². The molecule has 5 aliphatic rings. The van der Waals surface area contributed by atoms with Gasteiger partial charge < -0.3 is 9.64 Å². The second kappa shape index (κ2) is 8.81. The van der Waals surface area contributed by atoms with E-state index in [0.717, 1.165) is 38.1 Å². The number of sulfonamides is 1. The number of hydrogen-bond donors (Lipinski definition) is 1. The van der Waals surface area contributed by atoms with Gasteiger partial charge in [0.15, 0.2) is 10.8 Å². The molecule has 3 aromatic heterocycles. The van der Waals surface area contributed by atoms with Gasteiger partial charge in [-0.05, 0) is 106 Å². The van der Waals surface area contributed by atoms with Crippen molar-refractivity contribution in [3.8, 4) is 11.7 Å². The fourth-order valence-electron chi connectivity index (χ4n) is 8.43. The zero-order chi connectivity index (χ0) is 28.9. The molecule has 4 fully saturated rings. The number of carbonyl (C=O) groups excluding carboxylic acids is 1. The number of fused-ring (bicyclic) bond motifs is 7. The first-order valence-corrected chi connectivity index (χ1v) is 16.7. The largest absolute Gasteiger partial charge is 0.477 e. The molecule has 3 aromatic rings. The normalized spacial score (nSPS) is 26.0. The predicted molar refractivity (Wildman–Crippen MR) is 156 cm³/mol. The van der Waals surface area contributed by atoms with E-state index < -0.39 is 15.9 Å². The highest BCUT2D eigenvalue weighted by atomic mass is 32.2. The molecule has 0 aromatic carbocycles. The first-order chi connectivity index (χ1) is 20.1. The van der Waals surface area contributed by atoms with Crippen molar-refractivity contribution in [1.82, 2.24) is 29.3 Å². The number of pyridine rings is 1. The number of amides is 1. The molecule has 224 valence electrons. The number of aromatic nitrogens is 5. The Balaban J connectivity index is 0.00000300. The Morgan fingerprint density at radius 2 is 1.86 bits per heavy atom. The molecule has 3 saturated carbocycles. The van der Waals surface area contributed by atoms with Crippen LogP contribution in [0.5, 0.6) is 5.88 Å². The first kappa shape index (κ1) is 26.2. The third-order valence-electron chi connectivity index (χ3n) is 10.7. The molecule has 11 nitrogen and oxygen atoms in total. The second-order valence-electron chi connectivity index (χ2n) is 13.6. The third-order valence-corrected chi connectivity index (χ3v) is 11.9. The standard InChI is InChI=1S/C30H37N7O4S.H2/c1-28(2)18-20-4-3-14-35-15-8-25(33-35)42(39,40)34-27(38)21-5-6-23(31-26(21)36(28)19-20)37-16-7-24(32-37)41-17-9-22-29(10-11-29)30(22)12-13-30;/h5-8,15-16,20,22H,3-4,9-14,17-19H2,1-2H3,(H,34,38);1H. The number of carbonyl (C=O) groups is 1. The van der Waals surface area contributed by atoms with Crippen molar-refractivity contribution in [3.05, 3.63) is 42.2 Å². The van der Waals surface area contributed by atoms with Crippen LogP contribution in [0.2, 0.25) is 0 Å². The van der Waals surface area contributed by atoms with E-state index in [0.29, 0.717) is 47.4 Å². The average Bonchev–Trinajstić information content (AvgIpc) is 3.85. The van der Waals surface area contributed by atoms with E-state index in [9.17, 15) is 13.2 Å². The summed E-state index contributed by atoms with van der Waals surface area (Å²) in [6, 6.07) is 6.59. The SMILES string of the molecule is CC1(C)CC2CCCn3ccc(n3)S(=O)(=O)NC(=O)c3ccc(-n4ccc(OCCC5C6(CC6)C56CC6)n4)nc3N1C2.[HH]. The maximum Gasteiger partial charge on any atom is 0.283 e. The van der Waals surface area contributed by atoms with Gasteiger partial charge >= 0.3 is 0 Å². The van der Waals surface area contributed by atoms with E-state index in [2.05, 4.69) is 33.7 Å². The molecule has 1 atom stereocenters. The monoisotopic (exact) mass is 593 g/mol. The Labute approximate surface area is 247 Å².